The molecule has 1 heterocycles. The van der Waals surface area contributed by atoms with Crippen molar-refractivity contribution in [2.24, 2.45) is 0 Å². The Morgan fingerprint density at radius 3 is 1.90 bits per heavy atom. The third-order valence-corrected chi connectivity index (χ3v) is 10.9. The van der Waals surface area contributed by atoms with Crippen LogP contribution in [0.3, 0.4) is 0 Å². The van der Waals surface area contributed by atoms with Gasteiger partial charge in [0.25, 0.3) is 0 Å². The van der Waals surface area contributed by atoms with Crippen LogP contribution in [0.15, 0.2) is 53.6 Å². The van der Waals surface area contributed by atoms with Gasteiger partial charge in [-0.15, -0.1) is 0 Å². The number of rotatable bonds is 4. The van der Waals surface area contributed by atoms with Crippen LogP contribution in [0.2, 0.25) is 0 Å². The van der Waals surface area contributed by atoms with Gasteiger partial charge in [-0.1, -0.05) is 60.6 Å². The van der Waals surface area contributed by atoms with E-state index >= 15 is 0 Å². The highest BCUT2D eigenvalue weighted by atomic mass is 32.3. The Hall–Kier alpha value is -1.80. The first-order chi connectivity index (χ1) is 13.4. The molecule has 0 radical (unpaired) electrons. The monoisotopic (exact) mass is 407 g/mol. The molecule has 2 aromatic carbocycles. The van der Waals surface area contributed by atoms with Crippen molar-refractivity contribution in [3.8, 4) is 11.3 Å². The maximum atomic E-state index is 4.83. The van der Waals surface area contributed by atoms with E-state index in [1.54, 1.807) is 0 Å². The van der Waals surface area contributed by atoms with Gasteiger partial charge in [-0.2, -0.15) is 0 Å². The zero-order valence-corrected chi connectivity index (χ0v) is 20.4. The molecule has 29 heavy (non-hydrogen) atoms. The van der Waals surface area contributed by atoms with E-state index in [4.69, 9.17) is 4.98 Å². The van der Waals surface area contributed by atoms with Crippen LogP contribution in [0.5, 0.6) is 0 Å². The van der Waals surface area contributed by atoms with Crippen LogP contribution in [0.1, 0.15) is 71.4 Å². The molecule has 0 aliphatic rings. The number of nitrogens with zero attached hydrogens (tertiary/aromatic N) is 1. The van der Waals surface area contributed by atoms with Crippen molar-refractivity contribution in [1.29, 1.82) is 0 Å². The molecule has 0 fully saturated rings. The van der Waals surface area contributed by atoms with Gasteiger partial charge in [0.1, 0.15) is 0 Å². The molecule has 0 atom stereocenters. The lowest BCUT2D eigenvalue weighted by molar-refractivity contribution is 0.787. The number of aromatic nitrogens is 1. The van der Waals surface area contributed by atoms with Gasteiger partial charge in [0.2, 0.25) is 0 Å². The molecule has 3 rings (SSSR count). The standard InChI is InChI=1S/C27H37NS/c1-18(2)21-14-22(19(3)4)16-23(15-21)26-25-11-10-24(17-20(25)12-13-28-26)29(8,9)27(5,6)7/h10-19H,1-9H3. The quantitative estimate of drug-likeness (QED) is 0.423. The zero-order chi connectivity index (χ0) is 21.6. The zero-order valence-electron chi connectivity index (χ0n) is 19.6. The smallest absolute Gasteiger partial charge is 0.0780 e. The van der Waals surface area contributed by atoms with Gasteiger partial charge >= 0.3 is 0 Å². The lowest BCUT2D eigenvalue weighted by atomic mass is 9.91. The van der Waals surface area contributed by atoms with E-state index in [1.165, 1.54) is 32.4 Å². The van der Waals surface area contributed by atoms with E-state index in [0.29, 0.717) is 11.8 Å². The van der Waals surface area contributed by atoms with E-state index in [2.05, 4.69) is 103 Å². The second-order valence-corrected chi connectivity index (χ2v) is 14.5. The van der Waals surface area contributed by atoms with Gasteiger partial charge in [-0.3, -0.25) is 4.98 Å². The fraction of sp³-hybridized carbons (Fsp3) is 0.444. The van der Waals surface area contributed by atoms with Crippen LogP contribution in [0.25, 0.3) is 22.0 Å². The van der Waals surface area contributed by atoms with E-state index in [1.807, 2.05) is 6.20 Å². The van der Waals surface area contributed by atoms with Crippen LogP contribution >= 0.6 is 10.0 Å². The van der Waals surface area contributed by atoms with Crippen molar-refractivity contribution < 1.29 is 0 Å². The molecule has 0 saturated heterocycles. The first-order valence-electron chi connectivity index (χ1n) is 10.7. The second-order valence-electron chi connectivity index (χ2n) is 10.2. The topological polar surface area (TPSA) is 12.9 Å². The van der Waals surface area contributed by atoms with Crippen molar-refractivity contribution in [3.05, 3.63) is 59.8 Å². The number of hydrogen-bond donors (Lipinski definition) is 0. The highest BCUT2D eigenvalue weighted by molar-refractivity contribution is 8.33. The SMILES string of the molecule is CC(C)c1cc(-c2nccc3cc(S(C)(C)C(C)(C)C)ccc23)cc(C(C)C)c1. The lowest BCUT2D eigenvalue weighted by Gasteiger charge is -2.45. The summed E-state index contributed by atoms with van der Waals surface area (Å²) >= 11 is 0. The molecule has 0 bridgehead atoms. The van der Waals surface area contributed by atoms with Crippen LogP contribution in [0.4, 0.5) is 0 Å². The fourth-order valence-electron chi connectivity index (χ4n) is 3.54. The summed E-state index contributed by atoms with van der Waals surface area (Å²) in [4.78, 5) is 6.29. The molecule has 0 amide bonds. The van der Waals surface area contributed by atoms with Gasteiger partial charge < -0.3 is 0 Å². The Bertz CT molecular complexity index is 996. The van der Waals surface area contributed by atoms with Crippen molar-refractivity contribution in [3.63, 3.8) is 0 Å². The van der Waals surface area contributed by atoms with Crippen molar-refractivity contribution >= 4 is 20.8 Å². The molecule has 0 aliphatic carbocycles. The summed E-state index contributed by atoms with van der Waals surface area (Å²) in [6, 6.07) is 16.2. The van der Waals surface area contributed by atoms with Crippen LogP contribution in [-0.2, 0) is 0 Å². The maximum Gasteiger partial charge on any atom is 0.0780 e. The van der Waals surface area contributed by atoms with Gasteiger partial charge in [-0.05, 0) is 80.8 Å². The molecule has 1 aromatic heterocycles. The molecule has 2 heteroatoms. The van der Waals surface area contributed by atoms with E-state index in [9.17, 15) is 0 Å². The predicted molar refractivity (Wildman–Crippen MR) is 133 cm³/mol. The molecule has 0 saturated carbocycles. The van der Waals surface area contributed by atoms with E-state index in [-0.39, 0.29) is 4.75 Å². The lowest BCUT2D eigenvalue weighted by Crippen LogP contribution is -2.23. The molecular formula is C27H37NS. The minimum absolute atomic E-state index is 0.272. The van der Waals surface area contributed by atoms with E-state index < -0.39 is 10.0 Å². The van der Waals surface area contributed by atoms with Gasteiger partial charge in [-0.25, -0.2) is 10.0 Å². The Labute approximate surface area is 179 Å². The summed E-state index contributed by atoms with van der Waals surface area (Å²) in [5, 5.41) is 2.54. The summed E-state index contributed by atoms with van der Waals surface area (Å²) in [5.41, 5.74) is 5.11. The third-order valence-electron chi connectivity index (χ3n) is 6.44. The highest BCUT2D eigenvalue weighted by Gasteiger charge is 2.29. The Morgan fingerprint density at radius 1 is 0.793 bits per heavy atom. The van der Waals surface area contributed by atoms with E-state index in [0.717, 1.165) is 5.69 Å². The Morgan fingerprint density at radius 2 is 1.38 bits per heavy atom. The highest BCUT2D eigenvalue weighted by Crippen LogP contribution is 2.59. The summed E-state index contributed by atoms with van der Waals surface area (Å²) in [7, 11) is -0.902. The molecule has 0 spiro atoms. The predicted octanol–water partition coefficient (Wildman–Crippen LogP) is 8.37. The van der Waals surface area contributed by atoms with Crippen molar-refractivity contribution in [1.82, 2.24) is 4.98 Å². The summed E-state index contributed by atoms with van der Waals surface area (Å²) in [6.45, 7) is 16.1. The number of fused-ring (bicyclic) bond motifs is 1. The van der Waals surface area contributed by atoms with Crippen LogP contribution < -0.4 is 0 Å². The Balaban J connectivity index is 2.20. The number of benzene rings is 2. The average Bonchev–Trinajstić information content (AvgIpc) is 2.65. The minimum Gasteiger partial charge on any atom is -0.256 e. The molecule has 0 unspecified atom stereocenters. The van der Waals surface area contributed by atoms with Gasteiger partial charge in [0, 0.05) is 17.1 Å². The van der Waals surface area contributed by atoms with Gasteiger partial charge in [0.15, 0.2) is 0 Å². The first kappa shape index (κ1) is 21.9. The van der Waals surface area contributed by atoms with Crippen molar-refractivity contribution in [2.75, 3.05) is 12.5 Å². The molecule has 0 aliphatic heterocycles. The Kier molecular flexibility index (Phi) is 5.89. The molecule has 156 valence electrons. The van der Waals surface area contributed by atoms with Crippen LogP contribution in [-0.4, -0.2) is 22.2 Å². The largest absolute Gasteiger partial charge is 0.256 e. The average molecular weight is 408 g/mol. The summed E-state index contributed by atoms with van der Waals surface area (Å²) in [6.07, 6.45) is 6.83. The molecule has 0 N–H and O–H groups in total. The maximum absolute atomic E-state index is 4.83. The number of hydrogen-bond acceptors (Lipinski definition) is 1. The molecule has 3 aromatic rings. The fourth-order valence-corrected chi connectivity index (χ4v) is 5.07. The minimum atomic E-state index is -0.902. The van der Waals surface area contributed by atoms with Crippen LogP contribution in [0, 0.1) is 0 Å². The van der Waals surface area contributed by atoms with Gasteiger partial charge in [0.05, 0.1) is 5.69 Å². The molecular weight excluding hydrogens is 370 g/mol. The third kappa shape index (κ3) is 4.23. The normalized spacial score (nSPS) is 13.5. The number of pyridine rings is 1. The van der Waals surface area contributed by atoms with Crippen molar-refractivity contribution in [2.45, 2.75) is 69.9 Å². The second kappa shape index (κ2) is 7.80. The molecule has 1 nitrogen and oxygen atoms in total. The summed E-state index contributed by atoms with van der Waals surface area (Å²) in [5.74, 6) is 1.01. The summed E-state index contributed by atoms with van der Waals surface area (Å²) < 4.78 is 0.272. The first-order valence-corrected chi connectivity index (χ1v) is 13.1.